The molecule has 0 unspecified atom stereocenters. The lowest BCUT2D eigenvalue weighted by Crippen LogP contribution is -2.17. The van der Waals surface area contributed by atoms with E-state index in [9.17, 15) is 9.90 Å². The minimum absolute atomic E-state index is 0.0400. The third kappa shape index (κ3) is 4.98. The second kappa shape index (κ2) is 8.86. The van der Waals surface area contributed by atoms with Gasteiger partial charge in [-0.3, -0.25) is 4.79 Å². The van der Waals surface area contributed by atoms with Crippen molar-refractivity contribution in [1.29, 1.82) is 0 Å². The number of phenols is 1. The van der Waals surface area contributed by atoms with Gasteiger partial charge in [0.1, 0.15) is 18.1 Å². The molecule has 0 saturated heterocycles. The molecule has 0 heterocycles. The molecule has 0 bridgehead atoms. The van der Waals surface area contributed by atoms with Crippen LogP contribution >= 0.6 is 0 Å². The van der Waals surface area contributed by atoms with E-state index in [4.69, 9.17) is 4.74 Å². The van der Waals surface area contributed by atoms with E-state index in [1.807, 2.05) is 49.4 Å². The van der Waals surface area contributed by atoms with E-state index >= 15 is 0 Å². The molecule has 0 aromatic heterocycles. The Morgan fingerprint density at radius 2 is 1.86 bits per heavy atom. The smallest absolute Gasteiger partial charge is 0.275 e. The Morgan fingerprint density at radius 1 is 1.07 bits per heavy atom. The number of benzene rings is 3. The number of aryl methyl sites for hydroxylation is 2. The predicted octanol–water partition coefficient (Wildman–Crippen LogP) is 4.35. The first kappa shape index (κ1) is 19.2. The molecule has 3 aromatic rings. The van der Waals surface area contributed by atoms with Crippen molar-refractivity contribution in [1.82, 2.24) is 5.43 Å². The van der Waals surface area contributed by atoms with Crippen molar-refractivity contribution in [2.75, 3.05) is 0 Å². The molecule has 5 heteroatoms. The molecule has 5 nitrogen and oxygen atoms in total. The zero-order valence-electron chi connectivity index (χ0n) is 15.8. The summed E-state index contributed by atoms with van der Waals surface area (Å²) >= 11 is 0. The average Bonchev–Trinajstić information content (AvgIpc) is 2.69. The molecule has 0 spiro atoms. The summed E-state index contributed by atoms with van der Waals surface area (Å²) in [5.41, 5.74) is 6.33. The largest absolute Gasteiger partial charge is 0.507 e. The molecule has 1 amide bonds. The molecule has 3 rings (SSSR count). The fourth-order valence-electron chi connectivity index (χ4n) is 2.72. The molecular formula is C23H22N2O3. The highest BCUT2D eigenvalue weighted by atomic mass is 16.5. The lowest BCUT2D eigenvalue weighted by Gasteiger charge is -2.07. The van der Waals surface area contributed by atoms with Gasteiger partial charge in [-0.25, -0.2) is 5.43 Å². The van der Waals surface area contributed by atoms with Crippen LogP contribution in [-0.4, -0.2) is 17.2 Å². The van der Waals surface area contributed by atoms with E-state index < -0.39 is 5.91 Å². The maximum atomic E-state index is 12.2. The Kier molecular flexibility index (Phi) is 6.07. The number of carbonyl (C=O) groups excluding carboxylic acids is 1. The molecular weight excluding hydrogens is 352 g/mol. The number of para-hydroxylation sites is 1. The number of hydrogen-bond donors (Lipinski definition) is 2. The van der Waals surface area contributed by atoms with Gasteiger partial charge in [0.05, 0.1) is 11.8 Å². The van der Waals surface area contributed by atoms with Crippen LogP contribution in [0.5, 0.6) is 11.5 Å². The van der Waals surface area contributed by atoms with E-state index in [1.165, 1.54) is 11.8 Å². The summed E-state index contributed by atoms with van der Waals surface area (Å²) in [6, 6.07) is 20.6. The van der Waals surface area contributed by atoms with Crippen molar-refractivity contribution >= 4 is 12.1 Å². The lowest BCUT2D eigenvalue weighted by atomic mass is 10.1. The molecule has 28 heavy (non-hydrogen) atoms. The lowest BCUT2D eigenvalue weighted by molar-refractivity contribution is 0.0952. The maximum absolute atomic E-state index is 12.2. The van der Waals surface area contributed by atoms with Gasteiger partial charge in [-0.15, -0.1) is 0 Å². The first-order chi connectivity index (χ1) is 13.5. The van der Waals surface area contributed by atoms with Gasteiger partial charge in [-0.05, 0) is 48.7 Å². The number of aromatic hydroxyl groups is 1. The highest BCUT2D eigenvalue weighted by molar-refractivity contribution is 5.97. The van der Waals surface area contributed by atoms with Crippen LogP contribution in [0.1, 0.15) is 32.6 Å². The Morgan fingerprint density at radius 3 is 2.68 bits per heavy atom. The van der Waals surface area contributed by atoms with Gasteiger partial charge in [-0.2, -0.15) is 5.10 Å². The normalized spacial score (nSPS) is 10.8. The van der Waals surface area contributed by atoms with Crippen molar-refractivity contribution in [3.05, 3.63) is 94.5 Å². The van der Waals surface area contributed by atoms with E-state index in [-0.39, 0.29) is 11.3 Å². The fraction of sp³-hybridized carbons (Fsp3) is 0.130. The molecule has 0 radical (unpaired) electrons. The quantitative estimate of drug-likeness (QED) is 0.498. The summed E-state index contributed by atoms with van der Waals surface area (Å²) in [5.74, 6) is 0.208. The minimum atomic E-state index is -0.468. The summed E-state index contributed by atoms with van der Waals surface area (Å²) in [7, 11) is 0. The zero-order valence-corrected chi connectivity index (χ0v) is 15.8. The van der Waals surface area contributed by atoms with Crippen molar-refractivity contribution in [3.8, 4) is 11.5 Å². The number of ether oxygens (including phenoxy) is 1. The van der Waals surface area contributed by atoms with Crippen LogP contribution in [0.4, 0.5) is 0 Å². The van der Waals surface area contributed by atoms with Crippen LogP contribution in [0.25, 0.3) is 0 Å². The van der Waals surface area contributed by atoms with Crippen molar-refractivity contribution in [2.24, 2.45) is 5.10 Å². The summed E-state index contributed by atoms with van der Waals surface area (Å²) < 4.78 is 5.83. The zero-order chi connectivity index (χ0) is 19.9. The summed E-state index contributed by atoms with van der Waals surface area (Å²) in [6.07, 6.45) is 1.53. The Hall–Kier alpha value is -3.60. The van der Waals surface area contributed by atoms with Gasteiger partial charge in [-0.1, -0.05) is 54.1 Å². The van der Waals surface area contributed by atoms with E-state index in [0.717, 1.165) is 11.1 Å². The summed E-state index contributed by atoms with van der Waals surface area (Å²) in [4.78, 5) is 12.2. The predicted molar refractivity (Wildman–Crippen MR) is 110 cm³/mol. The molecule has 0 aliphatic rings. The SMILES string of the molecule is Cc1cccc(COc2cccc(C=NNC(=O)c3cccc(C)c3O)c2)c1. The minimum Gasteiger partial charge on any atom is -0.507 e. The number of amides is 1. The van der Waals surface area contributed by atoms with Gasteiger partial charge < -0.3 is 9.84 Å². The van der Waals surface area contributed by atoms with E-state index in [0.29, 0.717) is 17.9 Å². The molecule has 0 aliphatic carbocycles. The monoisotopic (exact) mass is 374 g/mol. The van der Waals surface area contributed by atoms with Gasteiger partial charge >= 0.3 is 0 Å². The summed E-state index contributed by atoms with van der Waals surface area (Å²) in [6.45, 7) is 4.26. The molecule has 0 aliphatic heterocycles. The number of hydrogen-bond acceptors (Lipinski definition) is 4. The van der Waals surface area contributed by atoms with Crippen LogP contribution < -0.4 is 10.2 Å². The van der Waals surface area contributed by atoms with Crippen LogP contribution in [0.2, 0.25) is 0 Å². The second-order valence-electron chi connectivity index (χ2n) is 6.52. The first-order valence-electron chi connectivity index (χ1n) is 8.93. The number of nitrogens with zero attached hydrogens (tertiary/aromatic N) is 1. The van der Waals surface area contributed by atoms with Crippen molar-refractivity contribution in [2.45, 2.75) is 20.5 Å². The van der Waals surface area contributed by atoms with Gasteiger partial charge in [0.15, 0.2) is 0 Å². The number of nitrogens with one attached hydrogen (secondary N) is 1. The van der Waals surface area contributed by atoms with Gasteiger partial charge in [0.2, 0.25) is 0 Å². The van der Waals surface area contributed by atoms with Crippen molar-refractivity contribution < 1.29 is 14.6 Å². The summed E-state index contributed by atoms with van der Waals surface area (Å²) in [5, 5.41) is 13.9. The average molecular weight is 374 g/mol. The Balaban J connectivity index is 1.60. The number of carbonyl (C=O) groups is 1. The highest BCUT2D eigenvalue weighted by Gasteiger charge is 2.11. The topological polar surface area (TPSA) is 70.9 Å². The number of hydrazone groups is 1. The van der Waals surface area contributed by atoms with E-state index in [2.05, 4.69) is 16.6 Å². The molecule has 0 atom stereocenters. The number of rotatable bonds is 6. The maximum Gasteiger partial charge on any atom is 0.275 e. The van der Waals surface area contributed by atoms with Crippen LogP contribution in [0.3, 0.4) is 0 Å². The van der Waals surface area contributed by atoms with Gasteiger partial charge in [0.25, 0.3) is 5.91 Å². The third-order valence-corrected chi connectivity index (χ3v) is 4.21. The standard InChI is InChI=1S/C23H22N2O3/c1-16-6-3-9-19(12-16)15-28-20-10-5-8-18(13-20)14-24-25-23(27)21-11-4-7-17(2)22(21)26/h3-14,26H,15H2,1-2H3,(H,25,27). The van der Waals surface area contributed by atoms with Crippen molar-refractivity contribution in [3.63, 3.8) is 0 Å². The van der Waals surface area contributed by atoms with Gasteiger partial charge in [0, 0.05) is 0 Å². The molecule has 2 N–H and O–H groups in total. The van der Waals surface area contributed by atoms with E-state index in [1.54, 1.807) is 25.1 Å². The second-order valence-corrected chi connectivity index (χ2v) is 6.52. The molecule has 142 valence electrons. The number of phenolic OH excluding ortho intramolecular Hbond substituents is 1. The van der Waals surface area contributed by atoms with Crippen LogP contribution in [-0.2, 0) is 6.61 Å². The highest BCUT2D eigenvalue weighted by Crippen LogP contribution is 2.21. The molecule has 0 fully saturated rings. The molecule has 3 aromatic carbocycles. The Bertz CT molecular complexity index is 1010. The molecule has 0 saturated carbocycles. The van der Waals surface area contributed by atoms with Crippen LogP contribution in [0, 0.1) is 13.8 Å². The first-order valence-corrected chi connectivity index (χ1v) is 8.93. The third-order valence-electron chi connectivity index (χ3n) is 4.21. The fourth-order valence-corrected chi connectivity index (χ4v) is 2.72. The Labute approximate surface area is 164 Å². The van der Waals surface area contributed by atoms with Crippen LogP contribution in [0.15, 0.2) is 71.8 Å².